The molecule has 9 nitrogen and oxygen atoms in total. The molecule has 2 aromatic rings. The van der Waals surface area contributed by atoms with E-state index in [0.717, 1.165) is 5.56 Å². The first-order chi connectivity index (χ1) is 17.6. The maximum atomic E-state index is 13.1. The number of carbonyl (C=O) groups excluding carboxylic acids is 2. The number of halogens is 1. The lowest BCUT2D eigenvalue weighted by Gasteiger charge is -2.30. The number of ether oxygens (including phenoxy) is 3. The van der Waals surface area contributed by atoms with Gasteiger partial charge in [0.25, 0.3) is 5.91 Å². The highest BCUT2D eigenvalue weighted by molar-refractivity contribution is 6.06. The van der Waals surface area contributed by atoms with Crippen molar-refractivity contribution < 1.29 is 33.3 Å². The Morgan fingerprint density at radius 1 is 1.05 bits per heavy atom. The van der Waals surface area contributed by atoms with Crippen LogP contribution >= 0.6 is 0 Å². The first-order valence-corrected chi connectivity index (χ1v) is 12.4. The third-order valence-corrected chi connectivity index (χ3v) is 6.33. The summed E-state index contributed by atoms with van der Waals surface area (Å²) in [5.41, 5.74) is -1.01. The molecule has 0 unspecified atom stereocenters. The largest absolute Gasteiger partial charge is 0.494 e. The maximum absolute atomic E-state index is 13.1. The fourth-order valence-electron chi connectivity index (χ4n) is 4.35. The molecule has 0 aliphatic carbocycles. The van der Waals surface area contributed by atoms with Gasteiger partial charge < -0.3 is 24.6 Å². The second-order valence-electron chi connectivity index (χ2n) is 10.1. The lowest BCUT2D eigenvalue weighted by atomic mass is 10.1. The van der Waals surface area contributed by atoms with Gasteiger partial charge in [-0.1, -0.05) is 12.1 Å². The van der Waals surface area contributed by atoms with Crippen LogP contribution in [0, 0.1) is 5.82 Å². The Morgan fingerprint density at radius 3 is 2.41 bits per heavy atom. The third kappa shape index (κ3) is 7.18. The highest BCUT2D eigenvalue weighted by Gasteiger charge is 2.43. The van der Waals surface area contributed by atoms with Crippen molar-refractivity contribution in [2.24, 2.45) is 0 Å². The SMILES string of the molecule is CC1(C)NC(=O)N(CCCOc2ccc(CN3CCOC[C@](O)(COc4ccc(F)cc4)C3)cc2)C1=O. The molecule has 2 heterocycles. The van der Waals surface area contributed by atoms with Crippen molar-refractivity contribution in [3.05, 3.63) is 59.9 Å². The molecule has 1 atom stereocenters. The number of carbonyl (C=O) groups is 2. The molecule has 2 aromatic carbocycles. The summed E-state index contributed by atoms with van der Waals surface area (Å²) in [6.45, 7) is 6.38. The van der Waals surface area contributed by atoms with Gasteiger partial charge in [-0.3, -0.25) is 14.6 Å². The van der Waals surface area contributed by atoms with E-state index in [9.17, 15) is 19.1 Å². The average Bonchev–Trinajstić information content (AvgIpc) is 2.97. The molecule has 2 N–H and O–H groups in total. The Kier molecular flexibility index (Phi) is 8.31. The second kappa shape index (κ2) is 11.5. The number of amides is 3. The van der Waals surface area contributed by atoms with Crippen LogP contribution in [-0.2, 0) is 16.1 Å². The lowest BCUT2D eigenvalue weighted by Crippen LogP contribution is -2.48. The summed E-state index contributed by atoms with van der Waals surface area (Å²) in [4.78, 5) is 27.5. The number of benzene rings is 2. The van der Waals surface area contributed by atoms with Crippen molar-refractivity contribution in [2.75, 3.05) is 46.1 Å². The van der Waals surface area contributed by atoms with Gasteiger partial charge in [-0.15, -0.1) is 0 Å². The minimum Gasteiger partial charge on any atom is -0.494 e. The number of urea groups is 1. The molecule has 2 saturated heterocycles. The van der Waals surface area contributed by atoms with Gasteiger partial charge in [-0.25, -0.2) is 9.18 Å². The number of nitrogens with zero attached hydrogens (tertiary/aromatic N) is 2. The molecule has 2 aliphatic rings. The Labute approximate surface area is 216 Å². The number of imide groups is 1. The van der Waals surface area contributed by atoms with E-state index in [1.54, 1.807) is 13.8 Å². The molecule has 3 amide bonds. The molecule has 10 heteroatoms. The minimum atomic E-state index is -1.20. The summed E-state index contributed by atoms with van der Waals surface area (Å²) < 4.78 is 30.2. The van der Waals surface area contributed by atoms with Crippen molar-refractivity contribution in [3.8, 4) is 11.5 Å². The van der Waals surface area contributed by atoms with Gasteiger partial charge in [0.1, 0.15) is 35.1 Å². The molecule has 2 fully saturated rings. The predicted molar refractivity (Wildman–Crippen MR) is 134 cm³/mol. The summed E-state index contributed by atoms with van der Waals surface area (Å²) in [6.07, 6.45) is 0.531. The summed E-state index contributed by atoms with van der Waals surface area (Å²) in [7, 11) is 0. The number of nitrogens with one attached hydrogen (secondary N) is 1. The zero-order chi connectivity index (χ0) is 26.5. The summed E-state index contributed by atoms with van der Waals surface area (Å²) in [6, 6.07) is 13.0. The van der Waals surface area contributed by atoms with Gasteiger partial charge in [0, 0.05) is 26.2 Å². The van der Waals surface area contributed by atoms with Crippen LogP contribution in [-0.4, -0.2) is 84.0 Å². The van der Waals surface area contributed by atoms with Gasteiger partial charge in [0.2, 0.25) is 0 Å². The summed E-state index contributed by atoms with van der Waals surface area (Å²) in [5, 5.41) is 13.8. The normalized spacial score (nSPS) is 22.0. The monoisotopic (exact) mass is 515 g/mol. The van der Waals surface area contributed by atoms with Crippen molar-refractivity contribution >= 4 is 11.9 Å². The number of β-amino-alcohol motifs (C(OH)–C–C–N with tert-alkyl or cyclic N) is 1. The number of hydrogen-bond acceptors (Lipinski definition) is 7. The fourth-order valence-corrected chi connectivity index (χ4v) is 4.35. The molecule has 2 aliphatic heterocycles. The van der Waals surface area contributed by atoms with E-state index in [2.05, 4.69) is 10.2 Å². The van der Waals surface area contributed by atoms with Crippen LogP contribution in [0.25, 0.3) is 0 Å². The minimum absolute atomic E-state index is 0.0318. The van der Waals surface area contributed by atoms with Crippen LogP contribution in [0.1, 0.15) is 25.8 Å². The fraction of sp³-hybridized carbons (Fsp3) is 0.481. The summed E-state index contributed by atoms with van der Waals surface area (Å²) in [5.74, 6) is 0.614. The smallest absolute Gasteiger partial charge is 0.325 e. The molecule has 0 spiro atoms. The Balaban J connectivity index is 1.23. The van der Waals surface area contributed by atoms with E-state index < -0.39 is 11.1 Å². The van der Waals surface area contributed by atoms with Crippen LogP contribution < -0.4 is 14.8 Å². The summed E-state index contributed by atoms with van der Waals surface area (Å²) >= 11 is 0. The molecule has 0 saturated carbocycles. The quantitative estimate of drug-likeness (QED) is 0.371. The zero-order valence-corrected chi connectivity index (χ0v) is 21.2. The Bertz CT molecular complexity index is 1080. The van der Waals surface area contributed by atoms with Crippen molar-refractivity contribution in [1.82, 2.24) is 15.1 Å². The molecule has 0 bridgehead atoms. The Morgan fingerprint density at radius 2 is 1.73 bits per heavy atom. The van der Waals surface area contributed by atoms with Gasteiger partial charge >= 0.3 is 6.03 Å². The van der Waals surface area contributed by atoms with Gasteiger partial charge in [0.05, 0.1) is 19.8 Å². The van der Waals surface area contributed by atoms with Crippen molar-refractivity contribution in [1.29, 1.82) is 0 Å². The van der Waals surface area contributed by atoms with Gasteiger partial charge in [-0.05, 0) is 62.2 Å². The molecule has 37 heavy (non-hydrogen) atoms. The zero-order valence-electron chi connectivity index (χ0n) is 21.2. The first kappa shape index (κ1) is 26.8. The van der Waals surface area contributed by atoms with E-state index in [0.29, 0.717) is 57.3 Å². The van der Waals surface area contributed by atoms with E-state index in [1.807, 2.05) is 24.3 Å². The molecule has 0 aromatic heterocycles. The number of hydrogen-bond donors (Lipinski definition) is 2. The third-order valence-electron chi connectivity index (χ3n) is 6.33. The Hall–Kier alpha value is -3.21. The predicted octanol–water partition coefficient (Wildman–Crippen LogP) is 2.57. The van der Waals surface area contributed by atoms with Crippen LogP contribution in [0.15, 0.2) is 48.5 Å². The van der Waals surface area contributed by atoms with Crippen LogP contribution in [0.4, 0.5) is 9.18 Å². The molecule has 0 radical (unpaired) electrons. The van der Waals surface area contributed by atoms with E-state index >= 15 is 0 Å². The topological polar surface area (TPSA) is 101 Å². The van der Waals surface area contributed by atoms with Crippen molar-refractivity contribution in [2.45, 2.75) is 38.0 Å². The van der Waals surface area contributed by atoms with Crippen LogP contribution in [0.2, 0.25) is 0 Å². The van der Waals surface area contributed by atoms with E-state index in [1.165, 1.54) is 29.2 Å². The van der Waals surface area contributed by atoms with E-state index in [4.69, 9.17) is 14.2 Å². The molecule has 4 rings (SSSR count). The molecule has 200 valence electrons. The average molecular weight is 516 g/mol. The highest BCUT2D eigenvalue weighted by atomic mass is 19.1. The standard InChI is InChI=1S/C27H34FN3O6/c1-26(2)24(32)31(25(33)29-26)12-3-14-36-22-8-4-20(5-9-22)16-30-13-15-35-18-27(34,17-30)19-37-23-10-6-21(28)7-11-23/h4-11,34H,3,12-19H2,1-2H3,(H,29,33)/t27-/m0/s1. The van der Waals surface area contributed by atoms with Crippen LogP contribution in [0.3, 0.4) is 0 Å². The first-order valence-electron chi connectivity index (χ1n) is 12.4. The molecular weight excluding hydrogens is 481 g/mol. The lowest BCUT2D eigenvalue weighted by molar-refractivity contribution is -0.130. The number of rotatable bonds is 10. The van der Waals surface area contributed by atoms with Crippen molar-refractivity contribution in [3.63, 3.8) is 0 Å². The number of aliphatic hydroxyl groups is 1. The van der Waals surface area contributed by atoms with Gasteiger partial charge in [-0.2, -0.15) is 0 Å². The molecular formula is C27H34FN3O6. The second-order valence-corrected chi connectivity index (χ2v) is 10.1. The maximum Gasteiger partial charge on any atom is 0.325 e. The van der Waals surface area contributed by atoms with E-state index in [-0.39, 0.29) is 31.0 Å². The highest BCUT2D eigenvalue weighted by Crippen LogP contribution is 2.21. The van der Waals surface area contributed by atoms with Crippen LogP contribution in [0.5, 0.6) is 11.5 Å². The van der Waals surface area contributed by atoms with Gasteiger partial charge in [0.15, 0.2) is 0 Å².